The maximum atomic E-state index is 12.1. The van der Waals surface area contributed by atoms with Crippen molar-refractivity contribution in [2.45, 2.75) is 6.54 Å². The van der Waals surface area contributed by atoms with E-state index in [0.717, 1.165) is 5.56 Å². The Morgan fingerprint density at radius 3 is 2.55 bits per heavy atom. The predicted octanol–water partition coefficient (Wildman–Crippen LogP) is 2.92. The van der Waals surface area contributed by atoms with Gasteiger partial charge in [0.2, 0.25) is 0 Å². The second kappa shape index (κ2) is 6.20. The average Bonchev–Trinajstić information content (AvgIpc) is 2.47. The Bertz CT molecular complexity index is 675. The van der Waals surface area contributed by atoms with Gasteiger partial charge in [-0.1, -0.05) is 23.7 Å². The van der Waals surface area contributed by atoms with E-state index in [2.05, 4.69) is 5.32 Å². The quantitative estimate of drug-likeness (QED) is 0.910. The molecule has 0 aliphatic rings. The topological polar surface area (TPSA) is 78.9 Å². The van der Waals surface area contributed by atoms with E-state index in [1.165, 1.54) is 0 Å². The molecule has 100 valence electrons. The third kappa shape index (κ3) is 3.15. The van der Waals surface area contributed by atoms with Crippen LogP contribution in [0.15, 0.2) is 42.5 Å². The summed E-state index contributed by atoms with van der Waals surface area (Å²) in [6, 6.07) is 13.7. The Balaban J connectivity index is 2.23. The lowest BCUT2D eigenvalue weighted by Gasteiger charge is -2.08. The van der Waals surface area contributed by atoms with Crippen LogP contribution < -0.4 is 11.1 Å². The fraction of sp³-hybridized carbons (Fsp3) is 0.0667. The molecule has 5 heteroatoms. The highest BCUT2D eigenvalue weighted by molar-refractivity contribution is 6.31. The summed E-state index contributed by atoms with van der Waals surface area (Å²) in [6.07, 6.45) is 0. The van der Waals surface area contributed by atoms with Gasteiger partial charge in [0.05, 0.1) is 11.3 Å². The number of halogens is 1. The van der Waals surface area contributed by atoms with Gasteiger partial charge in [-0.2, -0.15) is 5.26 Å². The minimum Gasteiger partial charge on any atom is -0.326 e. The standard InChI is InChI=1S/C15H12ClN3O/c16-13-6-5-12(9-18)14(7-13)19-15(20)11-3-1-10(8-17)2-4-11/h1-7H,8,17H2,(H,19,20). The number of nitrogens with zero attached hydrogens (tertiary/aromatic N) is 1. The van der Waals surface area contributed by atoms with Crippen molar-refractivity contribution in [3.05, 3.63) is 64.2 Å². The van der Waals surface area contributed by atoms with Gasteiger partial charge in [0.1, 0.15) is 6.07 Å². The van der Waals surface area contributed by atoms with Gasteiger partial charge in [0.15, 0.2) is 0 Å². The summed E-state index contributed by atoms with van der Waals surface area (Å²) in [5, 5.41) is 12.1. The third-order valence-electron chi connectivity index (χ3n) is 2.80. The summed E-state index contributed by atoms with van der Waals surface area (Å²) in [6.45, 7) is 0.425. The molecule has 20 heavy (non-hydrogen) atoms. The number of amides is 1. The maximum Gasteiger partial charge on any atom is 0.255 e. The Kier molecular flexibility index (Phi) is 4.36. The molecule has 3 N–H and O–H groups in total. The van der Waals surface area contributed by atoms with Crippen molar-refractivity contribution in [2.24, 2.45) is 5.73 Å². The molecule has 2 rings (SSSR count). The summed E-state index contributed by atoms with van der Waals surface area (Å²) in [7, 11) is 0. The van der Waals surface area contributed by atoms with E-state index in [1.807, 2.05) is 6.07 Å². The van der Waals surface area contributed by atoms with Crippen LogP contribution >= 0.6 is 11.6 Å². The number of carbonyl (C=O) groups excluding carboxylic acids is 1. The molecular weight excluding hydrogens is 274 g/mol. The van der Waals surface area contributed by atoms with E-state index < -0.39 is 0 Å². The number of hydrogen-bond donors (Lipinski definition) is 2. The van der Waals surface area contributed by atoms with Crippen molar-refractivity contribution in [1.29, 1.82) is 5.26 Å². The number of rotatable bonds is 3. The fourth-order valence-corrected chi connectivity index (χ4v) is 1.88. The highest BCUT2D eigenvalue weighted by Gasteiger charge is 2.09. The van der Waals surface area contributed by atoms with E-state index in [9.17, 15) is 4.79 Å². The van der Waals surface area contributed by atoms with Crippen LogP contribution in [-0.2, 0) is 6.54 Å². The molecule has 0 fully saturated rings. The van der Waals surface area contributed by atoms with E-state index in [-0.39, 0.29) is 5.91 Å². The van der Waals surface area contributed by atoms with Gasteiger partial charge < -0.3 is 11.1 Å². The summed E-state index contributed by atoms with van der Waals surface area (Å²) in [4.78, 5) is 12.1. The van der Waals surface area contributed by atoms with E-state index >= 15 is 0 Å². The molecule has 0 aromatic heterocycles. The molecule has 0 radical (unpaired) electrons. The maximum absolute atomic E-state index is 12.1. The summed E-state index contributed by atoms with van der Waals surface area (Å²) in [5.41, 5.74) is 7.70. The zero-order valence-electron chi connectivity index (χ0n) is 10.6. The molecule has 0 atom stereocenters. The number of hydrogen-bond acceptors (Lipinski definition) is 3. The number of nitrogens with two attached hydrogens (primary N) is 1. The van der Waals surface area contributed by atoms with Crippen LogP contribution in [0.1, 0.15) is 21.5 Å². The van der Waals surface area contributed by atoms with Crippen molar-refractivity contribution >= 4 is 23.2 Å². The number of carbonyl (C=O) groups is 1. The molecule has 0 spiro atoms. The van der Waals surface area contributed by atoms with Crippen LogP contribution in [0.2, 0.25) is 5.02 Å². The lowest BCUT2D eigenvalue weighted by Crippen LogP contribution is -2.13. The number of anilines is 1. The highest BCUT2D eigenvalue weighted by atomic mass is 35.5. The first-order chi connectivity index (χ1) is 9.63. The summed E-state index contributed by atoms with van der Waals surface area (Å²) >= 11 is 5.87. The second-order valence-electron chi connectivity index (χ2n) is 4.16. The van der Waals surface area contributed by atoms with Gasteiger partial charge in [-0.05, 0) is 35.9 Å². The van der Waals surface area contributed by atoms with Crippen LogP contribution in [0.5, 0.6) is 0 Å². The summed E-state index contributed by atoms with van der Waals surface area (Å²) in [5.74, 6) is -0.299. The first kappa shape index (κ1) is 14.1. The molecule has 2 aromatic carbocycles. The van der Waals surface area contributed by atoms with Crippen LogP contribution in [0.25, 0.3) is 0 Å². The van der Waals surface area contributed by atoms with Gasteiger partial charge in [-0.3, -0.25) is 4.79 Å². The van der Waals surface area contributed by atoms with Crippen molar-refractivity contribution in [1.82, 2.24) is 0 Å². The molecule has 0 unspecified atom stereocenters. The molecular formula is C15H12ClN3O. The van der Waals surface area contributed by atoms with Crippen molar-refractivity contribution < 1.29 is 4.79 Å². The molecule has 0 heterocycles. The largest absolute Gasteiger partial charge is 0.326 e. The van der Waals surface area contributed by atoms with Crippen molar-refractivity contribution in [3.8, 4) is 6.07 Å². The van der Waals surface area contributed by atoms with Gasteiger partial charge in [0.25, 0.3) is 5.91 Å². The van der Waals surface area contributed by atoms with E-state index in [4.69, 9.17) is 22.6 Å². The SMILES string of the molecule is N#Cc1ccc(Cl)cc1NC(=O)c1ccc(CN)cc1. The molecule has 0 aliphatic heterocycles. The Morgan fingerprint density at radius 2 is 1.95 bits per heavy atom. The minimum atomic E-state index is -0.299. The van der Waals surface area contributed by atoms with Crippen LogP contribution in [0, 0.1) is 11.3 Å². The van der Waals surface area contributed by atoms with Crippen molar-refractivity contribution in [2.75, 3.05) is 5.32 Å². The van der Waals surface area contributed by atoms with Gasteiger partial charge in [-0.25, -0.2) is 0 Å². The monoisotopic (exact) mass is 285 g/mol. The highest BCUT2D eigenvalue weighted by Crippen LogP contribution is 2.21. The Morgan fingerprint density at radius 1 is 1.25 bits per heavy atom. The lowest BCUT2D eigenvalue weighted by atomic mass is 10.1. The predicted molar refractivity (Wildman–Crippen MR) is 78.5 cm³/mol. The van der Waals surface area contributed by atoms with Gasteiger partial charge >= 0.3 is 0 Å². The van der Waals surface area contributed by atoms with Crippen LogP contribution in [-0.4, -0.2) is 5.91 Å². The van der Waals surface area contributed by atoms with Gasteiger partial charge in [0, 0.05) is 17.1 Å². The molecule has 4 nitrogen and oxygen atoms in total. The molecule has 0 saturated heterocycles. The molecule has 2 aromatic rings. The van der Waals surface area contributed by atoms with Crippen LogP contribution in [0.3, 0.4) is 0 Å². The normalized spacial score (nSPS) is 9.85. The molecule has 1 amide bonds. The number of nitrogens with one attached hydrogen (secondary N) is 1. The third-order valence-corrected chi connectivity index (χ3v) is 3.04. The van der Waals surface area contributed by atoms with E-state index in [1.54, 1.807) is 42.5 Å². The zero-order chi connectivity index (χ0) is 14.5. The molecule has 0 saturated carbocycles. The number of benzene rings is 2. The Labute approximate surface area is 121 Å². The van der Waals surface area contributed by atoms with Crippen molar-refractivity contribution in [3.63, 3.8) is 0 Å². The first-order valence-electron chi connectivity index (χ1n) is 5.94. The number of nitriles is 1. The van der Waals surface area contributed by atoms with E-state index in [0.29, 0.717) is 28.4 Å². The Hall–Kier alpha value is -2.35. The zero-order valence-corrected chi connectivity index (χ0v) is 11.3. The molecule has 0 aliphatic carbocycles. The van der Waals surface area contributed by atoms with Gasteiger partial charge in [-0.15, -0.1) is 0 Å². The molecule has 0 bridgehead atoms. The lowest BCUT2D eigenvalue weighted by molar-refractivity contribution is 0.102. The van der Waals surface area contributed by atoms with Crippen LogP contribution in [0.4, 0.5) is 5.69 Å². The second-order valence-corrected chi connectivity index (χ2v) is 4.59. The smallest absolute Gasteiger partial charge is 0.255 e. The first-order valence-corrected chi connectivity index (χ1v) is 6.32. The average molecular weight is 286 g/mol. The minimum absolute atomic E-state index is 0.299. The summed E-state index contributed by atoms with van der Waals surface area (Å²) < 4.78 is 0. The fourth-order valence-electron chi connectivity index (χ4n) is 1.70.